The molecule has 1 aliphatic rings. The molecule has 1 amide bonds. The molecule has 1 saturated heterocycles. The predicted molar refractivity (Wildman–Crippen MR) is 91.3 cm³/mol. The molecule has 128 valence electrons. The van der Waals surface area contributed by atoms with E-state index in [-0.39, 0.29) is 12.5 Å². The van der Waals surface area contributed by atoms with E-state index in [0.29, 0.717) is 31.1 Å². The number of amides is 1. The molecular weight excluding hydrogens is 374 g/mol. The third-order valence-corrected chi connectivity index (χ3v) is 4.74. The van der Waals surface area contributed by atoms with Gasteiger partial charge < -0.3 is 14.5 Å². The number of carbonyl (C=O) groups is 1. The van der Waals surface area contributed by atoms with E-state index in [9.17, 15) is 9.90 Å². The first-order valence-corrected chi connectivity index (χ1v) is 8.85. The Morgan fingerprint density at radius 3 is 3.08 bits per heavy atom. The van der Waals surface area contributed by atoms with Crippen molar-refractivity contribution in [1.29, 1.82) is 0 Å². The van der Waals surface area contributed by atoms with Gasteiger partial charge in [-0.05, 0) is 49.4 Å². The van der Waals surface area contributed by atoms with Crippen LogP contribution in [0.1, 0.15) is 42.1 Å². The number of halogens is 1. The predicted octanol–water partition coefficient (Wildman–Crippen LogP) is 2.60. The zero-order valence-corrected chi connectivity index (χ0v) is 15.1. The Balaban J connectivity index is 1.69. The fourth-order valence-corrected chi connectivity index (χ4v) is 3.24. The highest BCUT2D eigenvalue weighted by molar-refractivity contribution is 9.10. The van der Waals surface area contributed by atoms with Crippen LogP contribution in [-0.4, -0.2) is 38.7 Å². The molecule has 0 spiro atoms. The average molecular weight is 394 g/mol. The molecule has 7 heteroatoms. The van der Waals surface area contributed by atoms with Gasteiger partial charge in [0.15, 0.2) is 5.82 Å². The zero-order valence-electron chi connectivity index (χ0n) is 13.5. The Kier molecular flexibility index (Phi) is 5.30. The quantitative estimate of drug-likeness (QED) is 0.863. The molecule has 1 N–H and O–H groups in total. The molecule has 1 aromatic heterocycles. The Morgan fingerprint density at radius 2 is 2.25 bits per heavy atom. The Morgan fingerprint density at radius 1 is 1.42 bits per heavy atom. The molecule has 1 aliphatic heterocycles. The first-order chi connectivity index (χ1) is 11.5. The summed E-state index contributed by atoms with van der Waals surface area (Å²) in [5, 5.41) is 13.8. The first kappa shape index (κ1) is 17.1. The molecule has 2 heterocycles. The summed E-state index contributed by atoms with van der Waals surface area (Å²) in [7, 11) is 0. The van der Waals surface area contributed by atoms with Crippen LogP contribution in [0.2, 0.25) is 0 Å². The van der Waals surface area contributed by atoms with Crippen LogP contribution in [-0.2, 0) is 17.8 Å². The lowest BCUT2D eigenvalue weighted by molar-refractivity contribution is -0.140. The van der Waals surface area contributed by atoms with Crippen molar-refractivity contribution in [1.82, 2.24) is 15.0 Å². The summed E-state index contributed by atoms with van der Waals surface area (Å²) in [6, 6.07) is 6.08. The second-order valence-corrected chi connectivity index (χ2v) is 7.04. The van der Waals surface area contributed by atoms with Gasteiger partial charge in [-0.3, -0.25) is 4.79 Å². The smallest absolute Gasteiger partial charge is 0.251 e. The van der Waals surface area contributed by atoms with E-state index in [0.717, 1.165) is 28.4 Å². The van der Waals surface area contributed by atoms with Gasteiger partial charge in [0.25, 0.3) is 5.91 Å². The Labute approximate surface area is 149 Å². The SMILES string of the molecule is Cc1ccc(Br)cc1Cc1noc(CN2CCCCC(O)C2=O)n1. The number of aliphatic hydroxyl groups is 1. The third-order valence-electron chi connectivity index (χ3n) is 4.25. The summed E-state index contributed by atoms with van der Waals surface area (Å²) < 4.78 is 6.30. The fraction of sp³-hybridized carbons (Fsp3) is 0.471. The number of carbonyl (C=O) groups excluding carboxylic acids is 1. The summed E-state index contributed by atoms with van der Waals surface area (Å²) in [5.74, 6) is 0.740. The van der Waals surface area contributed by atoms with Crippen LogP contribution >= 0.6 is 15.9 Å². The number of aromatic nitrogens is 2. The molecule has 3 rings (SSSR count). The molecule has 1 unspecified atom stereocenters. The summed E-state index contributed by atoms with van der Waals surface area (Å²) in [6.07, 6.45) is 1.90. The van der Waals surface area contributed by atoms with Crippen molar-refractivity contribution in [3.05, 3.63) is 45.5 Å². The molecule has 2 aromatic rings. The van der Waals surface area contributed by atoms with Gasteiger partial charge in [0, 0.05) is 17.4 Å². The number of hydrogen-bond acceptors (Lipinski definition) is 5. The van der Waals surface area contributed by atoms with E-state index < -0.39 is 6.10 Å². The minimum Gasteiger partial charge on any atom is -0.383 e. The topological polar surface area (TPSA) is 79.5 Å². The van der Waals surface area contributed by atoms with Crippen LogP contribution in [0.25, 0.3) is 0 Å². The van der Waals surface area contributed by atoms with Crippen LogP contribution in [0.15, 0.2) is 27.2 Å². The van der Waals surface area contributed by atoms with Crippen molar-refractivity contribution in [3.8, 4) is 0 Å². The van der Waals surface area contributed by atoms with Gasteiger partial charge in [-0.25, -0.2) is 0 Å². The molecular formula is C17H20BrN3O3. The van der Waals surface area contributed by atoms with E-state index in [1.165, 1.54) is 0 Å². The van der Waals surface area contributed by atoms with Gasteiger partial charge in [0.05, 0.1) is 0 Å². The van der Waals surface area contributed by atoms with E-state index in [1.54, 1.807) is 4.90 Å². The van der Waals surface area contributed by atoms with Crippen molar-refractivity contribution in [2.45, 2.75) is 45.3 Å². The molecule has 1 atom stereocenters. The van der Waals surface area contributed by atoms with Crippen molar-refractivity contribution in [2.75, 3.05) is 6.54 Å². The molecule has 6 nitrogen and oxygen atoms in total. The minimum absolute atomic E-state index is 0.250. The fourth-order valence-electron chi connectivity index (χ4n) is 2.83. The Bertz CT molecular complexity index is 732. The number of aryl methyl sites for hydroxylation is 1. The van der Waals surface area contributed by atoms with Gasteiger partial charge in [-0.2, -0.15) is 4.98 Å². The molecule has 1 fully saturated rings. The average Bonchev–Trinajstić information content (AvgIpc) is 2.93. The first-order valence-electron chi connectivity index (χ1n) is 8.06. The van der Waals surface area contributed by atoms with Gasteiger partial charge in [-0.1, -0.05) is 27.2 Å². The number of benzene rings is 1. The maximum atomic E-state index is 12.1. The molecule has 0 bridgehead atoms. The normalized spacial score (nSPS) is 18.7. The van der Waals surface area contributed by atoms with E-state index in [2.05, 4.69) is 26.1 Å². The monoisotopic (exact) mass is 393 g/mol. The second kappa shape index (κ2) is 7.44. The molecule has 0 aliphatic carbocycles. The van der Waals surface area contributed by atoms with Crippen molar-refractivity contribution >= 4 is 21.8 Å². The Hall–Kier alpha value is -1.73. The van der Waals surface area contributed by atoms with Gasteiger partial charge in [0.1, 0.15) is 12.6 Å². The standard InChI is InChI=1S/C17H20BrN3O3/c1-11-5-6-13(18)8-12(11)9-15-19-16(24-20-15)10-21-7-3-2-4-14(22)17(21)23/h5-6,8,14,22H,2-4,7,9-10H2,1H3. The van der Waals surface area contributed by atoms with Crippen LogP contribution in [0, 0.1) is 6.92 Å². The molecule has 1 aromatic carbocycles. The number of nitrogens with zero attached hydrogens (tertiary/aromatic N) is 3. The highest BCUT2D eigenvalue weighted by Crippen LogP contribution is 2.19. The van der Waals surface area contributed by atoms with Gasteiger partial charge in [-0.15, -0.1) is 0 Å². The summed E-state index contributed by atoms with van der Waals surface area (Å²) >= 11 is 3.47. The van der Waals surface area contributed by atoms with E-state index in [4.69, 9.17) is 4.52 Å². The molecule has 0 radical (unpaired) electrons. The third kappa shape index (κ3) is 4.02. The zero-order chi connectivity index (χ0) is 17.1. The summed E-state index contributed by atoms with van der Waals surface area (Å²) in [6.45, 7) is 2.90. The second-order valence-electron chi connectivity index (χ2n) is 6.12. The number of aliphatic hydroxyl groups excluding tert-OH is 1. The molecule has 24 heavy (non-hydrogen) atoms. The van der Waals surface area contributed by atoms with Crippen LogP contribution in [0.3, 0.4) is 0 Å². The lowest BCUT2D eigenvalue weighted by Crippen LogP contribution is -2.37. The van der Waals surface area contributed by atoms with Crippen LogP contribution < -0.4 is 0 Å². The van der Waals surface area contributed by atoms with Crippen LogP contribution in [0.4, 0.5) is 0 Å². The number of rotatable bonds is 4. The van der Waals surface area contributed by atoms with Gasteiger partial charge in [0.2, 0.25) is 5.89 Å². The number of hydrogen-bond donors (Lipinski definition) is 1. The van der Waals surface area contributed by atoms with Crippen LogP contribution in [0.5, 0.6) is 0 Å². The van der Waals surface area contributed by atoms with Crippen molar-refractivity contribution < 1.29 is 14.4 Å². The van der Waals surface area contributed by atoms with E-state index >= 15 is 0 Å². The highest BCUT2D eigenvalue weighted by atomic mass is 79.9. The van der Waals surface area contributed by atoms with Gasteiger partial charge >= 0.3 is 0 Å². The van der Waals surface area contributed by atoms with Crippen molar-refractivity contribution in [3.63, 3.8) is 0 Å². The van der Waals surface area contributed by atoms with E-state index in [1.807, 2.05) is 25.1 Å². The maximum absolute atomic E-state index is 12.1. The molecule has 0 saturated carbocycles. The lowest BCUT2D eigenvalue weighted by Gasteiger charge is -2.19. The minimum atomic E-state index is -0.917. The summed E-state index contributed by atoms with van der Waals surface area (Å²) in [5.41, 5.74) is 2.29. The number of likely N-dealkylation sites (tertiary alicyclic amines) is 1. The van der Waals surface area contributed by atoms with Crippen molar-refractivity contribution in [2.24, 2.45) is 0 Å². The largest absolute Gasteiger partial charge is 0.383 e. The highest BCUT2D eigenvalue weighted by Gasteiger charge is 2.26. The lowest BCUT2D eigenvalue weighted by atomic mass is 10.1. The maximum Gasteiger partial charge on any atom is 0.251 e. The summed E-state index contributed by atoms with van der Waals surface area (Å²) in [4.78, 5) is 18.1.